The molecule has 1 heterocycles. The highest BCUT2D eigenvalue weighted by Gasteiger charge is 2.33. The molecule has 1 aromatic carbocycles. The first-order valence-electron chi connectivity index (χ1n) is 6.40. The molecule has 1 aliphatic rings. The molecule has 18 heavy (non-hydrogen) atoms. The van der Waals surface area contributed by atoms with Gasteiger partial charge < -0.3 is 9.72 Å². The summed E-state index contributed by atoms with van der Waals surface area (Å²) < 4.78 is 5.22. The predicted octanol–water partition coefficient (Wildman–Crippen LogP) is 3.41. The Morgan fingerprint density at radius 2 is 2.22 bits per heavy atom. The molecule has 0 saturated heterocycles. The normalized spacial score (nSPS) is 16.8. The number of rotatable bonds is 4. The summed E-state index contributed by atoms with van der Waals surface area (Å²) >= 11 is 0. The van der Waals surface area contributed by atoms with Gasteiger partial charge in [-0.15, -0.1) is 0 Å². The van der Waals surface area contributed by atoms with Crippen molar-refractivity contribution >= 4 is 16.7 Å². The SMILES string of the molecule is COc1ccc2[nH]cc(C(=O)C(C)C3CC3)c2c1. The number of aromatic nitrogens is 1. The highest BCUT2D eigenvalue weighted by molar-refractivity contribution is 6.09. The number of ether oxygens (including phenoxy) is 1. The van der Waals surface area contributed by atoms with Crippen LogP contribution in [0.4, 0.5) is 0 Å². The molecule has 2 aromatic rings. The number of H-pyrrole nitrogens is 1. The topological polar surface area (TPSA) is 42.1 Å². The summed E-state index contributed by atoms with van der Waals surface area (Å²) in [5.74, 6) is 1.76. The fraction of sp³-hybridized carbons (Fsp3) is 0.400. The Hall–Kier alpha value is -1.77. The van der Waals surface area contributed by atoms with Crippen LogP contribution in [0.15, 0.2) is 24.4 Å². The Labute approximate surface area is 106 Å². The Kier molecular flexibility index (Phi) is 2.62. The molecule has 94 valence electrons. The Morgan fingerprint density at radius 3 is 2.89 bits per heavy atom. The van der Waals surface area contributed by atoms with Crippen molar-refractivity contribution in [3.63, 3.8) is 0 Å². The summed E-state index contributed by atoms with van der Waals surface area (Å²) in [4.78, 5) is 15.6. The first-order chi connectivity index (χ1) is 8.70. The van der Waals surface area contributed by atoms with Crippen LogP contribution in [0.1, 0.15) is 30.1 Å². The number of ketones is 1. The minimum Gasteiger partial charge on any atom is -0.497 e. The summed E-state index contributed by atoms with van der Waals surface area (Å²) in [7, 11) is 1.64. The zero-order chi connectivity index (χ0) is 12.7. The second kappa shape index (κ2) is 4.16. The average molecular weight is 243 g/mol. The van der Waals surface area contributed by atoms with Crippen molar-refractivity contribution in [2.45, 2.75) is 19.8 Å². The molecule has 1 aliphatic carbocycles. The van der Waals surface area contributed by atoms with Crippen molar-refractivity contribution < 1.29 is 9.53 Å². The summed E-state index contributed by atoms with van der Waals surface area (Å²) in [6.07, 6.45) is 4.21. The lowest BCUT2D eigenvalue weighted by Gasteiger charge is -2.08. The lowest BCUT2D eigenvalue weighted by Crippen LogP contribution is -2.12. The van der Waals surface area contributed by atoms with Crippen molar-refractivity contribution in [1.29, 1.82) is 0 Å². The Balaban J connectivity index is 2.02. The van der Waals surface area contributed by atoms with Gasteiger partial charge in [-0.05, 0) is 37.0 Å². The van der Waals surface area contributed by atoms with Gasteiger partial charge in [-0.2, -0.15) is 0 Å². The van der Waals surface area contributed by atoms with E-state index in [1.165, 1.54) is 12.8 Å². The maximum Gasteiger partial charge on any atom is 0.168 e. The molecule has 1 fully saturated rings. The number of hydrogen-bond acceptors (Lipinski definition) is 2. The minimum atomic E-state index is 0.134. The zero-order valence-electron chi connectivity index (χ0n) is 10.7. The smallest absolute Gasteiger partial charge is 0.168 e. The van der Waals surface area contributed by atoms with Crippen LogP contribution >= 0.6 is 0 Å². The summed E-state index contributed by atoms with van der Waals surface area (Å²) in [5.41, 5.74) is 1.78. The number of methoxy groups -OCH3 is 1. The number of aromatic amines is 1. The maximum absolute atomic E-state index is 12.4. The van der Waals surface area contributed by atoms with Crippen LogP contribution in [0, 0.1) is 11.8 Å². The molecular formula is C15H17NO2. The van der Waals surface area contributed by atoms with Crippen molar-refractivity contribution in [3.8, 4) is 5.75 Å². The minimum absolute atomic E-state index is 0.134. The molecular weight excluding hydrogens is 226 g/mol. The van der Waals surface area contributed by atoms with Gasteiger partial charge in [0.05, 0.1) is 7.11 Å². The fourth-order valence-electron chi connectivity index (χ4n) is 2.49. The first-order valence-corrected chi connectivity index (χ1v) is 6.40. The lowest BCUT2D eigenvalue weighted by atomic mass is 9.95. The second-order valence-electron chi connectivity index (χ2n) is 5.10. The highest BCUT2D eigenvalue weighted by atomic mass is 16.5. The van der Waals surface area contributed by atoms with Gasteiger partial charge in [-0.25, -0.2) is 0 Å². The molecule has 3 nitrogen and oxygen atoms in total. The van der Waals surface area contributed by atoms with E-state index < -0.39 is 0 Å². The molecule has 1 unspecified atom stereocenters. The van der Waals surface area contributed by atoms with E-state index in [1.54, 1.807) is 7.11 Å². The Morgan fingerprint density at radius 1 is 1.44 bits per heavy atom. The van der Waals surface area contributed by atoms with Gasteiger partial charge in [0.2, 0.25) is 0 Å². The van der Waals surface area contributed by atoms with E-state index in [-0.39, 0.29) is 11.7 Å². The molecule has 1 aromatic heterocycles. The number of hydrogen-bond donors (Lipinski definition) is 1. The van der Waals surface area contributed by atoms with E-state index in [1.807, 2.05) is 31.3 Å². The van der Waals surface area contributed by atoms with E-state index in [0.717, 1.165) is 22.2 Å². The predicted molar refractivity (Wildman–Crippen MR) is 71.1 cm³/mol. The van der Waals surface area contributed by atoms with Gasteiger partial charge in [0.25, 0.3) is 0 Å². The zero-order valence-corrected chi connectivity index (χ0v) is 10.7. The number of carbonyl (C=O) groups is 1. The number of nitrogens with one attached hydrogen (secondary N) is 1. The van der Waals surface area contributed by atoms with Gasteiger partial charge in [0.15, 0.2) is 5.78 Å². The van der Waals surface area contributed by atoms with Crippen molar-refractivity contribution in [2.75, 3.05) is 7.11 Å². The standard InChI is InChI=1S/C15H17NO2/c1-9(10-3-4-10)15(17)13-8-16-14-6-5-11(18-2)7-12(13)14/h5-10,16H,3-4H2,1-2H3. The number of benzene rings is 1. The average Bonchev–Trinajstić information content (AvgIpc) is 3.16. The van der Waals surface area contributed by atoms with Crippen LogP contribution in [0.25, 0.3) is 10.9 Å². The molecule has 0 radical (unpaired) electrons. The molecule has 1 N–H and O–H groups in total. The first kappa shape index (κ1) is 11.3. The molecule has 1 saturated carbocycles. The van der Waals surface area contributed by atoms with Gasteiger partial charge in [-0.3, -0.25) is 4.79 Å². The molecule has 3 heteroatoms. The highest BCUT2D eigenvalue weighted by Crippen LogP contribution is 2.39. The van der Waals surface area contributed by atoms with Gasteiger partial charge in [0.1, 0.15) is 5.75 Å². The number of carbonyl (C=O) groups excluding carboxylic acids is 1. The summed E-state index contributed by atoms with van der Waals surface area (Å²) in [6, 6.07) is 5.78. The van der Waals surface area contributed by atoms with E-state index in [0.29, 0.717) is 5.92 Å². The van der Waals surface area contributed by atoms with Crippen molar-refractivity contribution in [3.05, 3.63) is 30.0 Å². The van der Waals surface area contributed by atoms with Gasteiger partial charge in [0, 0.05) is 28.6 Å². The third-order valence-electron chi connectivity index (χ3n) is 3.90. The van der Waals surface area contributed by atoms with Crippen LogP contribution in [0.5, 0.6) is 5.75 Å². The number of fused-ring (bicyclic) bond motifs is 1. The van der Waals surface area contributed by atoms with E-state index in [2.05, 4.69) is 4.98 Å². The van der Waals surface area contributed by atoms with Crippen molar-refractivity contribution in [1.82, 2.24) is 4.98 Å². The van der Waals surface area contributed by atoms with Crippen LogP contribution in [-0.4, -0.2) is 17.9 Å². The van der Waals surface area contributed by atoms with E-state index in [4.69, 9.17) is 4.74 Å². The van der Waals surface area contributed by atoms with Crippen LogP contribution in [0.3, 0.4) is 0 Å². The summed E-state index contributed by atoms with van der Waals surface area (Å²) in [5, 5.41) is 0.965. The van der Waals surface area contributed by atoms with Crippen LogP contribution < -0.4 is 4.74 Å². The van der Waals surface area contributed by atoms with E-state index in [9.17, 15) is 4.79 Å². The second-order valence-corrected chi connectivity index (χ2v) is 5.10. The monoisotopic (exact) mass is 243 g/mol. The third-order valence-corrected chi connectivity index (χ3v) is 3.90. The quantitative estimate of drug-likeness (QED) is 0.836. The molecule has 0 spiro atoms. The Bertz CT molecular complexity index is 596. The fourth-order valence-corrected chi connectivity index (χ4v) is 2.49. The third kappa shape index (κ3) is 1.80. The summed E-state index contributed by atoms with van der Waals surface area (Å²) in [6.45, 7) is 2.04. The lowest BCUT2D eigenvalue weighted by molar-refractivity contribution is 0.0918. The number of Topliss-reactive ketones (excluding diaryl/α,β-unsaturated/α-hetero) is 1. The molecule has 0 amide bonds. The van der Waals surface area contributed by atoms with Gasteiger partial charge >= 0.3 is 0 Å². The van der Waals surface area contributed by atoms with Gasteiger partial charge in [-0.1, -0.05) is 6.92 Å². The molecule has 0 bridgehead atoms. The van der Waals surface area contributed by atoms with Crippen LogP contribution in [-0.2, 0) is 0 Å². The largest absolute Gasteiger partial charge is 0.497 e. The van der Waals surface area contributed by atoms with Crippen molar-refractivity contribution in [2.24, 2.45) is 11.8 Å². The van der Waals surface area contributed by atoms with E-state index >= 15 is 0 Å². The molecule has 3 rings (SSSR count). The molecule has 1 atom stereocenters. The maximum atomic E-state index is 12.4. The molecule has 0 aliphatic heterocycles. The van der Waals surface area contributed by atoms with Crippen LogP contribution in [0.2, 0.25) is 0 Å².